The molecule has 7 nitrogen and oxygen atoms in total. The van der Waals surface area contributed by atoms with E-state index in [-0.39, 0.29) is 12.1 Å². The van der Waals surface area contributed by atoms with Crippen molar-refractivity contribution in [2.75, 3.05) is 0 Å². The highest BCUT2D eigenvalue weighted by molar-refractivity contribution is 5.83. The van der Waals surface area contributed by atoms with E-state index in [9.17, 15) is 14.9 Å². The van der Waals surface area contributed by atoms with Crippen molar-refractivity contribution in [1.82, 2.24) is 5.43 Å². The topological polar surface area (TPSA) is 108 Å². The van der Waals surface area contributed by atoms with Crippen LogP contribution >= 0.6 is 0 Å². The van der Waals surface area contributed by atoms with Crippen molar-refractivity contribution in [1.29, 1.82) is 5.26 Å². The summed E-state index contributed by atoms with van der Waals surface area (Å²) in [7, 11) is 0. The number of nitro benzene ring substituents is 1. The fourth-order valence-corrected chi connectivity index (χ4v) is 1.87. The third-order valence-electron chi connectivity index (χ3n) is 2.98. The van der Waals surface area contributed by atoms with Gasteiger partial charge in [-0.05, 0) is 17.7 Å². The Morgan fingerprint density at radius 2 is 1.96 bits per heavy atom. The van der Waals surface area contributed by atoms with E-state index in [4.69, 9.17) is 5.26 Å². The van der Waals surface area contributed by atoms with Crippen LogP contribution in [0.3, 0.4) is 0 Å². The Morgan fingerprint density at radius 1 is 1.26 bits per heavy atom. The summed E-state index contributed by atoms with van der Waals surface area (Å²) in [4.78, 5) is 22.1. The Labute approximate surface area is 132 Å². The van der Waals surface area contributed by atoms with Gasteiger partial charge in [0.1, 0.15) is 0 Å². The minimum Gasteiger partial charge on any atom is -0.273 e. The molecule has 1 amide bonds. The molecule has 7 heteroatoms. The predicted molar refractivity (Wildman–Crippen MR) is 83.7 cm³/mol. The third-order valence-corrected chi connectivity index (χ3v) is 2.98. The van der Waals surface area contributed by atoms with Gasteiger partial charge in [0, 0.05) is 11.6 Å². The van der Waals surface area contributed by atoms with Crippen molar-refractivity contribution in [2.45, 2.75) is 6.42 Å². The van der Waals surface area contributed by atoms with Crippen LogP contribution in [0.25, 0.3) is 0 Å². The first kappa shape index (κ1) is 15.9. The molecule has 0 heterocycles. The van der Waals surface area contributed by atoms with Crippen LogP contribution in [0.15, 0.2) is 53.6 Å². The van der Waals surface area contributed by atoms with Crippen molar-refractivity contribution in [3.63, 3.8) is 0 Å². The van der Waals surface area contributed by atoms with E-state index in [1.807, 2.05) is 6.07 Å². The number of nitrogens with zero attached hydrogens (tertiary/aromatic N) is 3. The average Bonchev–Trinajstić information content (AvgIpc) is 2.56. The number of hydrogen-bond donors (Lipinski definition) is 1. The number of nitro groups is 1. The molecule has 0 aliphatic rings. The highest BCUT2D eigenvalue weighted by Crippen LogP contribution is 2.17. The Morgan fingerprint density at radius 3 is 2.61 bits per heavy atom. The lowest BCUT2D eigenvalue weighted by Crippen LogP contribution is -2.20. The molecule has 0 aliphatic heterocycles. The Kier molecular flexibility index (Phi) is 5.15. The van der Waals surface area contributed by atoms with E-state index in [2.05, 4.69) is 10.5 Å². The van der Waals surface area contributed by atoms with Gasteiger partial charge in [-0.1, -0.05) is 30.3 Å². The van der Waals surface area contributed by atoms with Gasteiger partial charge in [-0.15, -0.1) is 0 Å². The minimum absolute atomic E-state index is 0.0984. The van der Waals surface area contributed by atoms with Gasteiger partial charge >= 0.3 is 0 Å². The molecule has 2 rings (SSSR count). The molecule has 114 valence electrons. The number of carbonyl (C=O) groups is 1. The quantitative estimate of drug-likeness (QED) is 0.518. The molecule has 0 saturated heterocycles. The summed E-state index contributed by atoms with van der Waals surface area (Å²) >= 11 is 0. The number of hydrazone groups is 1. The van der Waals surface area contributed by atoms with Crippen molar-refractivity contribution >= 4 is 17.8 Å². The number of hydrogen-bond acceptors (Lipinski definition) is 5. The molecule has 0 bridgehead atoms. The first-order chi connectivity index (χ1) is 11.1. The molecule has 1 N–H and O–H groups in total. The van der Waals surface area contributed by atoms with E-state index >= 15 is 0 Å². The molecule has 0 radical (unpaired) electrons. The normalized spacial score (nSPS) is 10.2. The number of nitriles is 1. The summed E-state index contributed by atoms with van der Waals surface area (Å²) in [5.74, 6) is -0.454. The zero-order valence-electron chi connectivity index (χ0n) is 12.0. The lowest BCUT2D eigenvalue weighted by Gasteiger charge is -2.01. The van der Waals surface area contributed by atoms with Crippen LogP contribution < -0.4 is 5.43 Å². The van der Waals surface area contributed by atoms with Gasteiger partial charge in [0.25, 0.3) is 5.69 Å². The van der Waals surface area contributed by atoms with E-state index in [1.54, 1.807) is 36.4 Å². The number of nitrogens with one attached hydrogen (secondary N) is 1. The van der Waals surface area contributed by atoms with Gasteiger partial charge in [0.05, 0.1) is 29.2 Å². The smallest absolute Gasteiger partial charge is 0.273 e. The van der Waals surface area contributed by atoms with Crippen molar-refractivity contribution in [3.8, 4) is 6.07 Å². The fraction of sp³-hybridized carbons (Fsp3) is 0.0625. The van der Waals surface area contributed by atoms with Crippen molar-refractivity contribution in [3.05, 3.63) is 75.3 Å². The van der Waals surface area contributed by atoms with Gasteiger partial charge in [-0.2, -0.15) is 10.4 Å². The second kappa shape index (κ2) is 7.47. The largest absolute Gasteiger partial charge is 0.273 e. The number of benzene rings is 2. The highest BCUT2D eigenvalue weighted by atomic mass is 16.6. The maximum atomic E-state index is 11.8. The van der Waals surface area contributed by atoms with Gasteiger partial charge in [-0.25, -0.2) is 5.43 Å². The van der Waals surface area contributed by atoms with E-state index in [0.717, 1.165) is 5.56 Å². The van der Waals surface area contributed by atoms with E-state index in [0.29, 0.717) is 11.1 Å². The van der Waals surface area contributed by atoms with Crippen LogP contribution in [0.4, 0.5) is 5.69 Å². The Hall–Kier alpha value is -3.53. The van der Waals surface area contributed by atoms with Crippen LogP contribution in [0.1, 0.15) is 16.7 Å². The molecule has 2 aromatic carbocycles. The maximum absolute atomic E-state index is 11.8. The second-order valence-corrected chi connectivity index (χ2v) is 4.59. The van der Waals surface area contributed by atoms with Crippen LogP contribution in [-0.4, -0.2) is 17.0 Å². The van der Waals surface area contributed by atoms with Crippen molar-refractivity contribution < 1.29 is 9.72 Å². The molecule has 2 aromatic rings. The number of para-hydroxylation sites is 1. The third kappa shape index (κ3) is 4.47. The number of rotatable bonds is 5. The van der Waals surface area contributed by atoms with Gasteiger partial charge < -0.3 is 0 Å². The summed E-state index contributed by atoms with van der Waals surface area (Å²) in [6.45, 7) is 0. The van der Waals surface area contributed by atoms with Crippen molar-refractivity contribution in [2.24, 2.45) is 5.10 Å². The van der Waals surface area contributed by atoms with Crippen LogP contribution in [0.2, 0.25) is 0 Å². The van der Waals surface area contributed by atoms with Gasteiger partial charge in [0.15, 0.2) is 0 Å². The monoisotopic (exact) mass is 308 g/mol. The molecule has 0 aliphatic carbocycles. The molecule has 0 fully saturated rings. The fourth-order valence-electron chi connectivity index (χ4n) is 1.87. The molecule has 23 heavy (non-hydrogen) atoms. The summed E-state index contributed by atoms with van der Waals surface area (Å²) in [5, 5.41) is 23.4. The molecule has 0 atom stereocenters. The van der Waals surface area contributed by atoms with Crippen LogP contribution in [0, 0.1) is 21.4 Å². The molecular formula is C16H12N4O3. The lowest BCUT2D eigenvalue weighted by atomic mass is 10.1. The summed E-state index contributed by atoms with van der Waals surface area (Å²) in [6, 6.07) is 14.7. The zero-order chi connectivity index (χ0) is 16.7. The predicted octanol–water partition coefficient (Wildman–Crippen LogP) is 2.16. The zero-order valence-corrected chi connectivity index (χ0v) is 12.0. The van der Waals surface area contributed by atoms with Crippen LogP contribution in [0.5, 0.6) is 0 Å². The van der Waals surface area contributed by atoms with Gasteiger partial charge in [0.2, 0.25) is 5.91 Å². The number of carbonyl (C=O) groups excluding carboxylic acids is 1. The lowest BCUT2D eigenvalue weighted by molar-refractivity contribution is -0.385. The Bertz CT molecular complexity index is 792. The summed E-state index contributed by atoms with van der Waals surface area (Å²) < 4.78 is 0. The van der Waals surface area contributed by atoms with Gasteiger partial charge in [-0.3, -0.25) is 14.9 Å². The highest BCUT2D eigenvalue weighted by Gasteiger charge is 2.14. The van der Waals surface area contributed by atoms with Crippen LogP contribution in [-0.2, 0) is 11.2 Å². The molecule has 0 aromatic heterocycles. The average molecular weight is 308 g/mol. The summed E-state index contributed by atoms with van der Waals surface area (Å²) in [6.07, 6.45) is 1.29. The molecular weight excluding hydrogens is 296 g/mol. The second-order valence-electron chi connectivity index (χ2n) is 4.59. The van der Waals surface area contributed by atoms with E-state index in [1.165, 1.54) is 18.3 Å². The van der Waals surface area contributed by atoms with E-state index < -0.39 is 10.8 Å². The standard InChI is InChI=1S/C16H12N4O3/c17-10-12-5-7-13(8-6-12)11-18-19-16(21)9-14-3-1-2-4-15(14)20(22)23/h1-8,11H,9H2,(H,19,21). The summed E-state index contributed by atoms with van der Waals surface area (Å²) in [5.41, 5.74) is 3.79. The first-order valence-electron chi connectivity index (χ1n) is 6.64. The first-order valence-corrected chi connectivity index (χ1v) is 6.64. The molecule has 0 spiro atoms. The molecule has 0 saturated carbocycles. The Balaban J connectivity index is 1.96. The minimum atomic E-state index is -0.525. The molecule has 0 unspecified atom stereocenters. The SMILES string of the molecule is N#Cc1ccc(C=NNC(=O)Cc2ccccc2[N+](=O)[O-])cc1. The maximum Gasteiger partial charge on any atom is 0.273 e. The number of amides is 1.